The van der Waals surface area contributed by atoms with Crippen molar-refractivity contribution in [3.05, 3.63) is 24.3 Å². The molecule has 1 heterocycles. The highest BCUT2D eigenvalue weighted by molar-refractivity contribution is 8.01. The third kappa shape index (κ3) is 4.69. The Labute approximate surface area is 142 Å². The number of thioether (sulfide) groups is 1. The topological polar surface area (TPSA) is 97.5 Å². The van der Waals surface area contributed by atoms with Crippen molar-refractivity contribution in [2.75, 3.05) is 13.1 Å². The van der Waals surface area contributed by atoms with Gasteiger partial charge in [0.15, 0.2) is 0 Å². The van der Waals surface area contributed by atoms with Gasteiger partial charge in [-0.05, 0) is 30.7 Å². The van der Waals surface area contributed by atoms with E-state index in [0.29, 0.717) is 13.1 Å². The van der Waals surface area contributed by atoms with Crippen LogP contribution in [-0.4, -0.2) is 44.2 Å². The lowest BCUT2D eigenvalue weighted by Gasteiger charge is -2.23. The summed E-state index contributed by atoms with van der Waals surface area (Å²) in [5, 5.41) is 5.30. The first-order valence-electron chi connectivity index (χ1n) is 7.20. The molecule has 0 aliphatic carbocycles. The van der Waals surface area contributed by atoms with Crippen LogP contribution in [0.25, 0.3) is 0 Å². The van der Waals surface area contributed by atoms with Crippen molar-refractivity contribution in [3.63, 3.8) is 0 Å². The van der Waals surface area contributed by atoms with Crippen molar-refractivity contribution in [1.29, 1.82) is 0 Å². The largest absolute Gasteiger partial charge is 0.243 e. The maximum atomic E-state index is 12.6. The fourth-order valence-electron chi connectivity index (χ4n) is 2.46. The van der Waals surface area contributed by atoms with Gasteiger partial charge in [-0.2, -0.15) is 16.1 Å². The minimum Gasteiger partial charge on any atom is -0.225 e. The van der Waals surface area contributed by atoms with E-state index in [0.717, 1.165) is 6.42 Å². The van der Waals surface area contributed by atoms with Crippen molar-refractivity contribution in [2.24, 2.45) is 5.14 Å². The number of nitrogens with zero attached hydrogens (tertiary/aromatic N) is 1. The van der Waals surface area contributed by atoms with Crippen LogP contribution in [0, 0.1) is 0 Å². The second-order valence-corrected chi connectivity index (χ2v) is 12.1. The second kappa shape index (κ2) is 6.36. The van der Waals surface area contributed by atoms with E-state index in [9.17, 15) is 16.8 Å². The molecule has 23 heavy (non-hydrogen) atoms. The summed E-state index contributed by atoms with van der Waals surface area (Å²) in [4.78, 5) is -0.00894. The summed E-state index contributed by atoms with van der Waals surface area (Å²) in [7, 11) is -7.43. The Bertz CT molecular complexity index is 765. The average molecular weight is 379 g/mol. The monoisotopic (exact) mass is 378 g/mol. The molecule has 130 valence electrons. The quantitative estimate of drug-likeness (QED) is 0.859. The molecule has 1 aromatic carbocycles. The zero-order valence-electron chi connectivity index (χ0n) is 13.4. The van der Waals surface area contributed by atoms with Gasteiger partial charge in [-0.25, -0.2) is 22.0 Å². The van der Waals surface area contributed by atoms with E-state index >= 15 is 0 Å². The van der Waals surface area contributed by atoms with Gasteiger partial charge in [0.1, 0.15) is 0 Å². The van der Waals surface area contributed by atoms with E-state index in [1.807, 2.05) is 0 Å². The number of rotatable bonds is 4. The molecule has 2 N–H and O–H groups in total. The van der Waals surface area contributed by atoms with E-state index in [-0.39, 0.29) is 19.8 Å². The van der Waals surface area contributed by atoms with Crippen LogP contribution in [0.5, 0.6) is 0 Å². The molecule has 9 heteroatoms. The normalized spacial score (nSPS) is 20.8. The first-order chi connectivity index (χ1) is 10.4. The molecule has 0 aromatic heterocycles. The van der Waals surface area contributed by atoms with Gasteiger partial charge in [-0.15, -0.1) is 0 Å². The summed E-state index contributed by atoms with van der Waals surface area (Å²) in [6.07, 6.45) is 0.816. The van der Waals surface area contributed by atoms with Gasteiger partial charge in [-0.3, -0.25) is 0 Å². The lowest BCUT2D eigenvalue weighted by Crippen LogP contribution is -2.30. The number of sulfonamides is 2. The summed E-state index contributed by atoms with van der Waals surface area (Å²) in [5.74, 6) is 0. The molecule has 0 radical (unpaired) electrons. The maximum Gasteiger partial charge on any atom is 0.243 e. The van der Waals surface area contributed by atoms with Crippen molar-refractivity contribution in [3.8, 4) is 0 Å². The Morgan fingerprint density at radius 1 is 1.09 bits per heavy atom. The number of hydrogen-bond donors (Lipinski definition) is 1. The minimum atomic E-state index is -3.82. The molecule has 0 spiro atoms. The van der Waals surface area contributed by atoms with Crippen molar-refractivity contribution >= 4 is 31.8 Å². The SMILES string of the molecule is CC(C)(C)SC1CCN(S(=O)(=O)c2ccc(S(N)(=O)=O)cc2)C1. The van der Waals surface area contributed by atoms with Crippen molar-refractivity contribution in [2.45, 2.75) is 47.0 Å². The van der Waals surface area contributed by atoms with Crippen LogP contribution in [-0.2, 0) is 20.0 Å². The molecule has 6 nitrogen and oxygen atoms in total. The first kappa shape index (κ1) is 18.7. The molecule has 1 atom stereocenters. The maximum absolute atomic E-state index is 12.6. The highest BCUT2D eigenvalue weighted by atomic mass is 32.2. The number of benzene rings is 1. The summed E-state index contributed by atoms with van der Waals surface area (Å²) in [6.45, 7) is 7.29. The van der Waals surface area contributed by atoms with Gasteiger partial charge >= 0.3 is 0 Å². The van der Waals surface area contributed by atoms with E-state index in [1.165, 1.54) is 28.6 Å². The summed E-state index contributed by atoms with van der Waals surface area (Å²) in [6, 6.07) is 5.03. The molecule has 0 saturated carbocycles. The third-order valence-corrected chi connectivity index (χ3v) is 7.65. The standard InChI is InChI=1S/C14H22N2O4S3/c1-14(2,3)21-11-8-9-16(10-11)23(19,20)13-6-4-12(5-7-13)22(15,17)18/h4-7,11H,8-10H2,1-3H3,(H2,15,17,18). The molecule has 1 aliphatic rings. The summed E-state index contributed by atoms with van der Waals surface area (Å²) >= 11 is 1.78. The van der Waals surface area contributed by atoms with Crippen molar-refractivity contribution in [1.82, 2.24) is 4.31 Å². The molecule has 0 amide bonds. The molecule has 1 aromatic rings. The Morgan fingerprint density at radius 3 is 2.09 bits per heavy atom. The molecule has 1 aliphatic heterocycles. The lowest BCUT2D eigenvalue weighted by atomic mass is 10.3. The minimum absolute atomic E-state index is 0.0849. The smallest absolute Gasteiger partial charge is 0.225 e. The van der Waals surface area contributed by atoms with E-state index < -0.39 is 20.0 Å². The number of primary sulfonamides is 1. The van der Waals surface area contributed by atoms with Gasteiger partial charge in [0.25, 0.3) is 0 Å². The van der Waals surface area contributed by atoms with Gasteiger partial charge in [0, 0.05) is 23.1 Å². The van der Waals surface area contributed by atoms with Crippen LogP contribution in [0.3, 0.4) is 0 Å². The Kier molecular flexibility index (Phi) is 5.18. The molecule has 1 saturated heterocycles. The Balaban J connectivity index is 2.17. The van der Waals surface area contributed by atoms with Crippen LogP contribution in [0.2, 0.25) is 0 Å². The van der Waals surface area contributed by atoms with Gasteiger partial charge < -0.3 is 0 Å². The van der Waals surface area contributed by atoms with E-state index in [4.69, 9.17) is 5.14 Å². The highest BCUT2D eigenvalue weighted by Crippen LogP contribution is 2.35. The predicted octanol–water partition coefficient (Wildman–Crippen LogP) is 1.63. The van der Waals surface area contributed by atoms with Gasteiger partial charge in [0.2, 0.25) is 20.0 Å². The van der Waals surface area contributed by atoms with Crippen LogP contribution in [0.4, 0.5) is 0 Å². The fraction of sp³-hybridized carbons (Fsp3) is 0.571. The first-order valence-corrected chi connectivity index (χ1v) is 11.1. The molecular formula is C14H22N2O4S3. The van der Waals surface area contributed by atoms with Crippen LogP contribution in [0.15, 0.2) is 34.1 Å². The van der Waals surface area contributed by atoms with E-state index in [2.05, 4.69) is 20.8 Å². The predicted molar refractivity (Wildman–Crippen MR) is 92.3 cm³/mol. The molecule has 1 unspecified atom stereocenters. The average Bonchev–Trinajstić information content (AvgIpc) is 2.85. The third-order valence-electron chi connectivity index (χ3n) is 3.42. The molecular weight excluding hydrogens is 356 g/mol. The number of nitrogens with two attached hydrogens (primary N) is 1. The lowest BCUT2D eigenvalue weighted by molar-refractivity contribution is 0.478. The zero-order chi connectivity index (χ0) is 17.5. The van der Waals surface area contributed by atoms with E-state index in [1.54, 1.807) is 11.8 Å². The second-order valence-electron chi connectivity index (χ2n) is 6.52. The van der Waals surface area contributed by atoms with Crippen LogP contribution >= 0.6 is 11.8 Å². The van der Waals surface area contributed by atoms with Gasteiger partial charge in [-0.1, -0.05) is 20.8 Å². The van der Waals surface area contributed by atoms with Crippen LogP contribution in [0.1, 0.15) is 27.2 Å². The molecule has 2 rings (SSSR count). The zero-order valence-corrected chi connectivity index (χ0v) is 15.8. The Morgan fingerprint density at radius 2 is 1.61 bits per heavy atom. The van der Waals surface area contributed by atoms with Crippen molar-refractivity contribution < 1.29 is 16.8 Å². The number of hydrogen-bond acceptors (Lipinski definition) is 5. The highest BCUT2D eigenvalue weighted by Gasteiger charge is 2.34. The fourth-order valence-corrected chi connectivity index (χ4v) is 6.05. The van der Waals surface area contributed by atoms with Crippen LogP contribution < -0.4 is 5.14 Å². The summed E-state index contributed by atoms with van der Waals surface area (Å²) in [5.41, 5.74) is 0. The van der Waals surface area contributed by atoms with Gasteiger partial charge in [0.05, 0.1) is 9.79 Å². The molecule has 0 bridgehead atoms. The Hall–Kier alpha value is -0.610. The molecule has 1 fully saturated rings. The summed E-state index contributed by atoms with van der Waals surface area (Å²) < 4.78 is 49.3.